The third kappa shape index (κ3) is 5.19. The first-order valence-electron chi connectivity index (χ1n) is 11.9. The number of anilines is 1. The Hall–Kier alpha value is -3.50. The molecular formula is C26H32N6O3S. The van der Waals surface area contributed by atoms with Crippen LogP contribution in [0.2, 0.25) is 0 Å². The first-order chi connectivity index (χ1) is 17.1. The Balaban J connectivity index is 1.56. The number of sulfonamides is 1. The summed E-state index contributed by atoms with van der Waals surface area (Å²) in [6, 6.07) is 14.0. The molecule has 3 aromatic rings. The highest BCUT2D eigenvalue weighted by molar-refractivity contribution is 7.89. The van der Waals surface area contributed by atoms with E-state index in [4.69, 9.17) is 15.7 Å². The van der Waals surface area contributed by atoms with E-state index in [1.807, 2.05) is 49.1 Å². The highest BCUT2D eigenvalue weighted by atomic mass is 32.2. The number of aromatic nitrogens is 2. The monoisotopic (exact) mass is 508 g/mol. The van der Waals surface area contributed by atoms with Crippen molar-refractivity contribution in [1.82, 2.24) is 19.2 Å². The third-order valence-electron chi connectivity index (χ3n) is 6.38. The number of hydrogen-bond donors (Lipinski definition) is 2. The van der Waals surface area contributed by atoms with Crippen molar-refractivity contribution in [3.63, 3.8) is 0 Å². The molecule has 0 aliphatic carbocycles. The maximum atomic E-state index is 13.2. The SMILES string of the molecule is C=C1CN(S(=O)(=O)c2ccccc2C)CCN1Cc1nc(N[C@H](C(N)=O)C(C)C)c2ccccc2n1. The van der Waals surface area contributed by atoms with Crippen molar-refractivity contribution in [3.8, 4) is 0 Å². The van der Waals surface area contributed by atoms with Crippen molar-refractivity contribution >= 4 is 32.7 Å². The van der Waals surface area contributed by atoms with Crippen molar-refractivity contribution < 1.29 is 13.2 Å². The van der Waals surface area contributed by atoms with E-state index in [1.165, 1.54) is 4.31 Å². The van der Waals surface area contributed by atoms with Gasteiger partial charge < -0.3 is 16.0 Å². The molecule has 2 heterocycles. The van der Waals surface area contributed by atoms with Gasteiger partial charge in [-0.25, -0.2) is 18.4 Å². The van der Waals surface area contributed by atoms with Crippen LogP contribution in [-0.2, 0) is 21.4 Å². The predicted molar refractivity (Wildman–Crippen MR) is 140 cm³/mol. The molecule has 0 unspecified atom stereocenters. The molecule has 0 radical (unpaired) electrons. The number of nitrogens with two attached hydrogens (primary N) is 1. The molecule has 1 aromatic heterocycles. The molecule has 4 rings (SSSR count). The number of hydrogen-bond acceptors (Lipinski definition) is 7. The predicted octanol–water partition coefficient (Wildman–Crippen LogP) is 2.88. The Morgan fingerprint density at radius 3 is 2.47 bits per heavy atom. The van der Waals surface area contributed by atoms with Crippen LogP contribution in [0.25, 0.3) is 10.9 Å². The Morgan fingerprint density at radius 2 is 1.81 bits per heavy atom. The molecule has 0 spiro atoms. The minimum Gasteiger partial charge on any atom is -0.368 e. The molecule has 1 atom stereocenters. The zero-order chi connectivity index (χ0) is 26.0. The van der Waals surface area contributed by atoms with Gasteiger partial charge in [-0.3, -0.25) is 4.79 Å². The summed E-state index contributed by atoms with van der Waals surface area (Å²) in [6.07, 6.45) is 0. The molecule has 1 aliphatic heterocycles. The van der Waals surface area contributed by atoms with Crippen LogP contribution < -0.4 is 11.1 Å². The average molecular weight is 509 g/mol. The molecule has 1 fully saturated rings. The minimum atomic E-state index is -3.63. The van der Waals surface area contributed by atoms with E-state index in [9.17, 15) is 13.2 Å². The molecule has 9 nitrogen and oxygen atoms in total. The van der Waals surface area contributed by atoms with Gasteiger partial charge in [0.05, 0.1) is 23.5 Å². The molecule has 10 heteroatoms. The maximum Gasteiger partial charge on any atom is 0.243 e. The lowest BCUT2D eigenvalue weighted by atomic mass is 10.0. The molecule has 0 bridgehead atoms. The fraction of sp³-hybridized carbons (Fsp3) is 0.346. The number of amides is 1. The second-order valence-electron chi connectivity index (χ2n) is 9.37. The van der Waals surface area contributed by atoms with Crippen molar-refractivity contribution in [2.24, 2.45) is 11.7 Å². The topological polar surface area (TPSA) is 122 Å². The lowest BCUT2D eigenvalue weighted by Gasteiger charge is -2.36. The second kappa shape index (κ2) is 10.2. The van der Waals surface area contributed by atoms with Crippen LogP contribution in [0.1, 0.15) is 25.2 Å². The van der Waals surface area contributed by atoms with Crippen LogP contribution >= 0.6 is 0 Å². The molecule has 0 saturated carbocycles. The van der Waals surface area contributed by atoms with Crippen LogP contribution in [0.4, 0.5) is 5.82 Å². The van der Waals surface area contributed by atoms with Gasteiger partial charge in [-0.05, 0) is 36.6 Å². The van der Waals surface area contributed by atoms with E-state index in [0.29, 0.717) is 47.4 Å². The first kappa shape index (κ1) is 25.6. The van der Waals surface area contributed by atoms with Gasteiger partial charge in [0.15, 0.2) is 5.82 Å². The molecule has 1 saturated heterocycles. The largest absolute Gasteiger partial charge is 0.368 e. The number of para-hydroxylation sites is 1. The molecule has 1 aliphatic rings. The highest BCUT2D eigenvalue weighted by Gasteiger charge is 2.31. The molecular weight excluding hydrogens is 476 g/mol. The van der Waals surface area contributed by atoms with Gasteiger partial charge >= 0.3 is 0 Å². The maximum absolute atomic E-state index is 13.2. The summed E-state index contributed by atoms with van der Waals surface area (Å²) >= 11 is 0. The number of rotatable bonds is 8. The van der Waals surface area contributed by atoms with Crippen LogP contribution in [0, 0.1) is 12.8 Å². The molecule has 3 N–H and O–H groups in total. The Bertz CT molecular complexity index is 1410. The number of fused-ring (bicyclic) bond motifs is 1. The number of benzene rings is 2. The number of nitrogens with zero attached hydrogens (tertiary/aromatic N) is 4. The fourth-order valence-corrected chi connectivity index (χ4v) is 5.99. The smallest absolute Gasteiger partial charge is 0.243 e. The lowest BCUT2D eigenvalue weighted by Crippen LogP contribution is -2.46. The number of nitrogens with one attached hydrogen (secondary N) is 1. The summed E-state index contributed by atoms with van der Waals surface area (Å²) in [6.45, 7) is 11.1. The second-order valence-corrected chi connectivity index (χ2v) is 11.3. The quantitative estimate of drug-likeness (QED) is 0.480. The summed E-state index contributed by atoms with van der Waals surface area (Å²) < 4.78 is 27.9. The summed E-state index contributed by atoms with van der Waals surface area (Å²) in [5.74, 6) is 0.607. The van der Waals surface area contributed by atoms with Crippen molar-refractivity contribution in [2.45, 2.75) is 38.3 Å². The van der Waals surface area contributed by atoms with Gasteiger partial charge in [0.25, 0.3) is 0 Å². The summed E-state index contributed by atoms with van der Waals surface area (Å²) in [5, 5.41) is 4.00. The standard InChI is InChI=1S/C26H32N6O3S/c1-17(2)24(25(27)33)30-26-20-10-6-7-11-21(20)28-23(29-26)16-31-13-14-32(15-19(31)4)36(34,35)22-12-8-5-9-18(22)3/h5-12,17,24H,4,13-16H2,1-3H3,(H2,27,33)(H,28,29,30)/t24-/m0/s1. The van der Waals surface area contributed by atoms with E-state index in [2.05, 4.69) is 11.9 Å². The Kier molecular flexibility index (Phi) is 7.28. The normalized spacial score (nSPS) is 15.9. The van der Waals surface area contributed by atoms with Crippen molar-refractivity contribution in [2.75, 3.05) is 25.0 Å². The Labute approximate surface area is 212 Å². The highest BCUT2D eigenvalue weighted by Crippen LogP contribution is 2.26. The van der Waals surface area contributed by atoms with Gasteiger partial charge in [0.1, 0.15) is 11.9 Å². The molecule has 2 aromatic carbocycles. The average Bonchev–Trinajstić information content (AvgIpc) is 2.83. The fourth-order valence-electron chi connectivity index (χ4n) is 4.34. The summed E-state index contributed by atoms with van der Waals surface area (Å²) in [5.41, 5.74) is 7.74. The zero-order valence-electron chi connectivity index (χ0n) is 20.8. The van der Waals surface area contributed by atoms with E-state index >= 15 is 0 Å². The van der Waals surface area contributed by atoms with Gasteiger partial charge in [0, 0.05) is 24.2 Å². The van der Waals surface area contributed by atoms with Gasteiger partial charge in [0.2, 0.25) is 15.9 Å². The lowest BCUT2D eigenvalue weighted by molar-refractivity contribution is -0.119. The number of primary amides is 1. The minimum absolute atomic E-state index is 0.0252. The van der Waals surface area contributed by atoms with E-state index < -0.39 is 22.0 Å². The summed E-state index contributed by atoms with van der Waals surface area (Å²) in [7, 11) is -3.63. The van der Waals surface area contributed by atoms with Crippen LogP contribution in [-0.4, -0.2) is 59.2 Å². The van der Waals surface area contributed by atoms with Crippen molar-refractivity contribution in [1.29, 1.82) is 0 Å². The van der Waals surface area contributed by atoms with Gasteiger partial charge in [-0.2, -0.15) is 4.31 Å². The van der Waals surface area contributed by atoms with E-state index in [1.54, 1.807) is 25.1 Å². The number of aryl methyl sites for hydroxylation is 1. The first-order valence-corrected chi connectivity index (χ1v) is 13.3. The van der Waals surface area contributed by atoms with E-state index in [0.717, 1.165) is 10.9 Å². The Morgan fingerprint density at radius 1 is 1.11 bits per heavy atom. The molecule has 190 valence electrons. The number of piperazine rings is 1. The van der Waals surface area contributed by atoms with Gasteiger partial charge in [-0.1, -0.05) is 50.8 Å². The zero-order valence-corrected chi connectivity index (χ0v) is 21.6. The third-order valence-corrected chi connectivity index (χ3v) is 8.39. The summed E-state index contributed by atoms with van der Waals surface area (Å²) in [4.78, 5) is 23.7. The van der Waals surface area contributed by atoms with Gasteiger partial charge in [-0.15, -0.1) is 0 Å². The van der Waals surface area contributed by atoms with Crippen LogP contribution in [0.15, 0.2) is 65.7 Å². The molecule has 1 amide bonds. The number of carbonyl (C=O) groups is 1. The van der Waals surface area contributed by atoms with Crippen LogP contribution in [0.5, 0.6) is 0 Å². The van der Waals surface area contributed by atoms with E-state index in [-0.39, 0.29) is 12.5 Å². The number of carbonyl (C=O) groups excluding carboxylic acids is 1. The van der Waals surface area contributed by atoms with Crippen molar-refractivity contribution in [3.05, 3.63) is 72.2 Å². The molecule has 36 heavy (non-hydrogen) atoms. The van der Waals surface area contributed by atoms with Crippen LogP contribution in [0.3, 0.4) is 0 Å².